The van der Waals surface area contributed by atoms with Crippen molar-refractivity contribution in [2.45, 2.75) is 51.1 Å². The Hall–Kier alpha value is -1.91. The Labute approximate surface area is 139 Å². The Balaban J connectivity index is 2.02. The van der Waals surface area contributed by atoms with E-state index in [1.807, 2.05) is 37.1 Å². The number of benzene rings is 1. The SMILES string of the molecule is COc1ccc(C(C)NC(=O)N(C)C2CCCCC2)c(OC)c1. The maximum Gasteiger partial charge on any atom is 0.317 e. The summed E-state index contributed by atoms with van der Waals surface area (Å²) < 4.78 is 10.6. The molecule has 1 N–H and O–H groups in total. The van der Waals surface area contributed by atoms with Gasteiger partial charge in [-0.15, -0.1) is 0 Å². The lowest BCUT2D eigenvalue weighted by molar-refractivity contribution is 0.170. The van der Waals surface area contributed by atoms with Crippen LogP contribution in [0.25, 0.3) is 0 Å². The third kappa shape index (κ3) is 4.30. The van der Waals surface area contributed by atoms with Gasteiger partial charge in [-0.3, -0.25) is 0 Å². The first-order chi connectivity index (χ1) is 11.1. The molecule has 1 aromatic rings. The van der Waals surface area contributed by atoms with E-state index in [0.717, 1.165) is 29.9 Å². The molecule has 0 heterocycles. The number of ether oxygens (including phenoxy) is 2. The van der Waals surface area contributed by atoms with E-state index in [-0.39, 0.29) is 12.1 Å². The predicted octanol–water partition coefficient (Wildman–Crippen LogP) is 3.74. The highest BCUT2D eigenvalue weighted by molar-refractivity contribution is 5.75. The molecule has 5 nitrogen and oxygen atoms in total. The number of hydrogen-bond donors (Lipinski definition) is 1. The number of amides is 2. The van der Waals surface area contributed by atoms with Crippen LogP contribution in [0.1, 0.15) is 50.6 Å². The number of carbonyl (C=O) groups is 1. The van der Waals surface area contributed by atoms with E-state index < -0.39 is 0 Å². The molecule has 0 aromatic heterocycles. The van der Waals surface area contributed by atoms with E-state index in [2.05, 4.69) is 5.32 Å². The predicted molar refractivity (Wildman–Crippen MR) is 91.1 cm³/mol. The Morgan fingerprint density at radius 1 is 1.22 bits per heavy atom. The monoisotopic (exact) mass is 320 g/mol. The number of carbonyl (C=O) groups excluding carboxylic acids is 1. The van der Waals surface area contributed by atoms with Gasteiger partial charge in [-0.05, 0) is 31.9 Å². The number of nitrogens with zero attached hydrogens (tertiary/aromatic N) is 1. The summed E-state index contributed by atoms with van der Waals surface area (Å²) in [6.45, 7) is 1.97. The van der Waals surface area contributed by atoms with Crippen molar-refractivity contribution in [1.29, 1.82) is 0 Å². The van der Waals surface area contributed by atoms with Crippen LogP contribution < -0.4 is 14.8 Å². The van der Waals surface area contributed by atoms with Crippen molar-refractivity contribution in [2.75, 3.05) is 21.3 Å². The van der Waals surface area contributed by atoms with Gasteiger partial charge in [0.2, 0.25) is 0 Å². The summed E-state index contributed by atoms with van der Waals surface area (Å²) in [7, 11) is 5.14. The minimum atomic E-state index is -0.130. The molecule has 1 aromatic carbocycles. The van der Waals surface area contributed by atoms with Gasteiger partial charge in [0.05, 0.1) is 20.3 Å². The highest BCUT2D eigenvalue weighted by atomic mass is 16.5. The van der Waals surface area contributed by atoms with E-state index in [0.29, 0.717) is 6.04 Å². The van der Waals surface area contributed by atoms with Gasteiger partial charge in [-0.25, -0.2) is 4.79 Å². The first-order valence-corrected chi connectivity index (χ1v) is 8.32. The summed E-state index contributed by atoms with van der Waals surface area (Å²) in [5, 5.41) is 3.07. The van der Waals surface area contributed by atoms with Crippen LogP contribution in [0.2, 0.25) is 0 Å². The van der Waals surface area contributed by atoms with E-state index in [9.17, 15) is 4.79 Å². The fraction of sp³-hybridized carbons (Fsp3) is 0.611. The van der Waals surface area contributed by atoms with E-state index in [1.165, 1.54) is 19.3 Å². The lowest BCUT2D eigenvalue weighted by Crippen LogP contribution is -2.45. The van der Waals surface area contributed by atoms with Gasteiger partial charge in [-0.2, -0.15) is 0 Å². The minimum absolute atomic E-state index is 0.0257. The normalized spacial score (nSPS) is 16.5. The summed E-state index contributed by atoms with van der Waals surface area (Å²) in [5.74, 6) is 1.46. The van der Waals surface area contributed by atoms with Crippen LogP contribution in [-0.2, 0) is 0 Å². The maximum atomic E-state index is 12.5. The number of rotatable bonds is 5. The molecule has 1 saturated carbocycles. The minimum Gasteiger partial charge on any atom is -0.497 e. The summed E-state index contributed by atoms with van der Waals surface area (Å²) in [6.07, 6.45) is 5.91. The van der Waals surface area contributed by atoms with Crippen molar-refractivity contribution in [3.05, 3.63) is 23.8 Å². The lowest BCUT2D eigenvalue weighted by Gasteiger charge is -2.32. The van der Waals surface area contributed by atoms with Gasteiger partial charge in [0.15, 0.2) is 0 Å². The smallest absolute Gasteiger partial charge is 0.317 e. The van der Waals surface area contributed by atoms with Crippen LogP contribution in [0, 0.1) is 0 Å². The molecule has 5 heteroatoms. The summed E-state index contributed by atoms with van der Waals surface area (Å²) >= 11 is 0. The molecule has 128 valence electrons. The molecule has 1 aliphatic rings. The highest BCUT2D eigenvalue weighted by Crippen LogP contribution is 2.29. The first kappa shape index (κ1) is 17.4. The zero-order valence-electron chi connectivity index (χ0n) is 14.6. The van der Waals surface area contributed by atoms with Gasteiger partial charge in [0.25, 0.3) is 0 Å². The van der Waals surface area contributed by atoms with Gasteiger partial charge >= 0.3 is 6.03 Å². The van der Waals surface area contributed by atoms with Crippen molar-refractivity contribution in [1.82, 2.24) is 10.2 Å². The van der Waals surface area contributed by atoms with Crippen LogP contribution in [0.5, 0.6) is 11.5 Å². The molecular formula is C18H28N2O3. The largest absolute Gasteiger partial charge is 0.497 e. The van der Waals surface area contributed by atoms with Crippen LogP contribution in [0.4, 0.5) is 4.79 Å². The first-order valence-electron chi connectivity index (χ1n) is 8.32. The van der Waals surface area contributed by atoms with Crippen LogP contribution in [0.3, 0.4) is 0 Å². The fourth-order valence-electron chi connectivity index (χ4n) is 3.18. The topological polar surface area (TPSA) is 50.8 Å². The van der Waals surface area contributed by atoms with Crippen LogP contribution in [0.15, 0.2) is 18.2 Å². The third-order valence-corrected chi connectivity index (χ3v) is 4.69. The van der Waals surface area contributed by atoms with Gasteiger partial charge in [0, 0.05) is 24.7 Å². The molecule has 1 fully saturated rings. The van der Waals surface area contributed by atoms with Gasteiger partial charge in [-0.1, -0.05) is 19.3 Å². The van der Waals surface area contributed by atoms with Crippen LogP contribution in [-0.4, -0.2) is 38.2 Å². The summed E-state index contributed by atoms with van der Waals surface area (Å²) in [4.78, 5) is 14.4. The van der Waals surface area contributed by atoms with Crippen molar-refractivity contribution in [2.24, 2.45) is 0 Å². The number of methoxy groups -OCH3 is 2. The number of urea groups is 1. The standard InChI is InChI=1S/C18H28N2O3/c1-13(16-11-10-15(22-3)12-17(16)23-4)19-18(21)20(2)14-8-6-5-7-9-14/h10-14H,5-9H2,1-4H3,(H,19,21). The van der Waals surface area contributed by atoms with Crippen molar-refractivity contribution in [3.63, 3.8) is 0 Å². The van der Waals surface area contributed by atoms with Crippen molar-refractivity contribution in [3.8, 4) is 11.5 Å². The maximum absolute atomic E-state index is 12.5. The molecule has 1 aliphatic carbocycles. The quantitative estimate of drug-likeness (QED) is 0.899. The second-order valence-electron chi connectivity index (χ2n) is 6.18. The lowest BCUT2D eigenvalue weighted by atomic mass is 9.95. The molecule has 0 aliphatic heterocycles. The Morgan fingerprint density at radius 2 is 1.91 bits per heavy atom. The molecule has 0 bridgehead atoms. The highest BCUT2D eigenvalue weighted by Gasteiger charge is 2.24. The summed E-state index contributed by atoms with van der Waals surface area (Å²) in [6, 6.07) is 5.85. The third-order valence-electron chi connectivity index (χ3n) is 4.69. The molecule has 2 amide bonds. The molecule has 2 rings (SSSR count). The molecule has 0 saturated heterocycles. The van der Waals surface area contributed by atoms with E-state index in [4.69, 9.17) is 9.47 Å². The summed E-state index contributed by atoms with van der Waals surface area (Å²) in [5.41, 5.74) is 0.943. The molecule has 1 unspecified atom stereocenters. The van der Waals surface area contributed by atoms with Crippen molar-refractivity contribution >= 4 is 6.03 Å². The van der Waals surface area contributed by atoms with E-state index in [1.54, 1.807) is 14.2 Å². The molecule has 23 heavy (non-hydrogen) atoms. The molecule has 0 radical (unpaired) electrons. The van der Waals surface area contributed by atoms with Gasteiger partial charge < -0.3 is 19.7 Å². The van der Waals surface area contributed by atoms with Crippen LogP contribution >= 0.6 is 0 Å². The average molecular weight is 320 g/mol. The number of hydrogen-bond acceptors (Lipinski definition) is 3. The second kappa shape index (κ2) is 8.09. The zero-order valence-corrected chi connectivity index (χ0v) is 14.6. The Kier molecular flexibility index (Phi) is 6.13. The zero-order chi connectivity index (χ0) is 16.8. The molecule has 1 atom stereocenters. The average Bonchev–Trinajstić information content (AvgIpc) is 2.60. The van der Waals surface area contributed by atoms with Crippen molar-refractivity contribution < 1.29 is 14.3 Å². The Morgan fingerprint density at radius 3 is 2.52 bits per heavy atom. The Bertz CT molecular complexity index is 527. The van der Waals surface area contributed by atoms with Gasteiger partial charge in [0.1, 0.15) is 11.5 Å². The molecular weight excluding hydrogens is 292 g/mol. The second-order valence-corrected chi connectivity index (χ2v) is 6.18. The van der Waals surface area contributed by atoms with E-state index >= 15 is 0 Å². The number of nitrogens with one attached hydrogen (secondary N) is 1. The fourth-order valence-corrected chi connectivity index (χ4v) is 3.18. The molecule has 0 spiro atoms.